The van der Waals surface area contributed by atoms with Gasteiger partial charge in [-0.05, 0) is 44.4 Å². The second-order valence-corrected chi connectivity index (χ2v) is 7.54. The Kier molecular flexibility index (Phi) is 3.67. The first-order chi connectivity index (χ1) is 13.1. The summed E-state index contributed by atoms with van der Waals surface area (Å²) < 4.78 is 4.14. The van der Waals surface area contributed by atoms with Gasteiger partial charge in [-0.15, -0.1) is 5.10 Å². The van der Waals surface area contributed by atoms with Gasteiger partial charge in [0.05, 0.1) is 10.9 Å². The van der Waals surface area contributed by atoms with E-state index >= 15 is 0 Å². The molecule has 1 aliphatic carbocycles. The van der Waals surface area contributed by atoms with Gasteiger partial charge in [0.25, 0.3) is 0 Å². The number of aromatic hydroxyl groups is 1. The van der Waals surface area contributed by atoms with Crippen LogP contribution in [0.15, 0.2) is 30.6 Å². The molecule has 0 atom stereocenters. The van der Waals surface area contributed by atoms with E-state index in [-0.39, 0.29) is 5.75 Å². The molecule has 0 spiro atoms. The van der Waals surface area contributed by atoms with Crippen LogP contribution in [0, 0.1) is 13.8 Å². The first-order valence-electron chi connectivity index (χ1n) is 9.66. The number of rotatable bonds is 2. The lowest BCUT2D eigenvalue weighted by Gasteiger charge is -2.25. The number of para-hydroxylation sites is 1. The second-order valence-electron chi connectivity index (χ2n) is 7.54. The Labute approximate surface area is 157 Å². The van der Waals surface area contributed by atoms with Crippen LogP contribution in [0.3, 0.4) is 0 Å². The molecule has 3 aromatic heterocycles. The third-order valence-electron chi connectivity index (χ3n) is 5.96. The quantitative estimate of drug-likeness (QED) is 0.568. The van der Waals surface area contributed by atoms with Crippen molar-refractivity contribution in [1.82, 2.24) is 24.1 Å². The average Bonchev–Trinajstić information content (AvgIpc) is 3.22. The molecule has 0 saturated heterocycles. The van der Waals surface area contributed by atoms with Crippen LogP contribution < -0.4 is 0 Å². The minimum absolute atomic E-state index is 0.185. The van der Waals surface area contributed by atoms with E-state index in [9.17, 15) is 5.11 Å². The van der Waals surface area contributed by atoms with Gasteiger partial charge in [0.1, 0.15) is 17.7 Å². The molecule has 4 aromatic rings. The van der Waals surface area contributed by atoms with Crippen LogP contribution >= 0.6 is 0 Å². The molecule has 1 aromatic carbocycles. The Morgan fingerprint density at radius 1 is 1.04 bits per heavy atom. The standard InChI is InChI=1S/C21H23N5O/c1-13-14(2)26(15-8-4-3-5-9-15)20-18(13)21-23-19(24-25(21)12-22-20)16-10-6-7-11-17(16)27/h6-7,10-12,15,27H,3-5,8-9H2,1-2H3. The van der Waals surface area contributed by atoms with E-state index in [1.807, 2.05) is 12.1 Å². The van der Waals surface area contributed by atoms with Crippen molar-refractivity contribution in [2.45, 2.75) is 52.0 Å². The number of aromatic nitrogens is 5. The molecule has 3 heterocycles. The SMILES string of the molecule is Cc1c(C)n(C2CCCCC2)c2ncn3nc(-c4ccccc4O)nc3c12. The number of benzene rings is 1. The van der Waals surface area contributed by atoms with Crippen LogP contribution in [-0.4, -0.2) is 29.3 Å². The number of nitrogens with zero attached hydrogens (tertiary/aromatic N) is 5. The zero-order chi connectivity index (χ0) is 18.5. The maximum Gasteiger partial charge on any atom is 0.185 e. The molecule has 1 fully saturated rings. The van der Waals surface area contributed by atoms with Crippen molar-refractivity contribution in [3.05, 3.63) is 41.9 Å². The van der Waals surface area contributed by atoms with Gasteiger partial charge in [0, 0.05) is 11.7 Å². The predicted octanol–water partition coefficient (Wildman–Crippen LogP) is 4.57. The van der Waals surface area contributed by atoms with Gasteiger partial charge in [0.2, 0.25) is 0 Å². The summed E-state index contributed by atoms with van der Waals surface area (Å²) in [5.74, 6) is 0.704. The number of hydrogen-bond donors (Lipinski definition) is 1. The Bertz CT molecular complexity index is 1150. The van der Waals surface area contributed by atoms with Crippen LogP contribution in [0.4, 0.5) is 0 Å². The van der Waals surface area contributed by atoms with Crippen molar-refractivity contribution in [1.29, 1.82) is 0 Å². The highest BCUT2D eigenvalue weighted by atomic mass is 16.3. The molecule has 1 N–H and O–H groups in total. The molecule has 27 heavy (non-hydrogen) atoms. The summed E-state index contributed by atoms with van der Waals surface area (Å²) in [5, 5.41) is 15.8. The van der Waals surface area contributed by atoms with Gasteiger partial charge in [-0.25, -0.2) is 14.5 Å². The third kappa shape index (κ3) is 2.43. The fourth-order valence-electron chi connectivity index (χ4n) is 4.45. The van der Waals surface area contributed by atoms with E-state index in [1.165, 1.54) is 43.4 Å². The highest BCUT2D eigenvalue weighted by Crippen LogP contribution is 2.36. The first-order valence-corrected chi connectivity index (χ1v) is 9.66. The van der Waals surface area contributed by atoms with Crippen LogP contribution in [0.1, 0.15) is 49.4 Å². The molecule has 0 unspecified atom stereocenters. The Morgan fingerprint density at radius 2 is 1.81 bits per heavy atom. The molecule has 6 nitrogen and oxygen atoms in total. The molecule has 5 rings (SSSR count). The number of phenolic OH excluding ortho intramolecular Hbond substituents is 1. The zero-order valence-electron chi connectivity index (χ0n) is 15.7. The molecule has 1 aliphatic rings. The molecule has 6 heteroatoms. The largest absolute Gasteiger partial charge is 0.507 e. The third-order valence-corrected chi connectivity index (χ3v) is 5.96. The van der Waals surface area contributed by atoms with Gasteiger partial charge >= 0.3 is 0 Å². The summed E-state index contributed by atoms with van der Waals surface area (Å²) in [7, 11) is 0. The topological polar surface area (TPSA) is 68.2 Å². The van der Waals surface area contributed by atoms with E-state index in [0.717, 1.165) is 16.7 Å². The number of phenols is 1. The van der Waals surface area contributed by atoms with E-state index in [2.05, 4.69) is 23.5 Å². The van der Waals surface area contributed by atoms with E-state index < -0.39 is 0 Å². The zero-order valence-corrected chi connectivity index (χ0v) is 15.7. The first kappa shape index (κ1) is 16.3. The van der Waals surface area contributed by atoms with Crippen LogP contribution in [0.2, 0.25) is 0 Å². The van der Waals surface area contributed by atoms with Crippen LogP contribution in [0.5, 0.6) is 5.75 Å². The van der Waals surface area contributed by atoms with Gasteiger partial charge in [0.15, 0.2) is 11.5 Å². The second kappa shape index (κ2) is 6.08. The summed E-state index contributed by atoms with van der Waals surface area (Å²) >= 11 is 0. The van der Waals surface area contributed by atoms with Gasteiger partial charge in [-0.1, -0.05) is 31.4 Å². The fourth-order valence-corrected chi connectivity index (χ4v) is 4.45. The van der Waals surface area contributed by atoms with Gasteiger partial charge in [-0.2, -0.15) is 0 Å². The van der Waals surface area contributed by atoms with Gasteiger partial charge in [-0.3, -0.25) is 0 Å². The normalized spacial score (nSPS) is 15.8. The minimum Gasteiger partial charge on any atom is -0.507 e. The van der Waals surface area contributed by atoms with Crippen LogP contribution in [0.25, 0.3) is 28.1 Å². The number of aryl methyl sites for hydroxylation is 1. The van der Waals surface area contributed by atoms with Crippen molar-refractivity contribution in [3.8, 4) is 17.1 Å². The van der Waals surface area contributed by atoms with E-state index in [0.29, 0.717) is 17.4 Å². The highest BCUT2D eigenvalue weighted by molar-refractivity contribution is 5.94. The fraction of sp³-hybridized carbons (Fsp3) is 0.381. The van der Waals surface area contributed by atoms with Crippen molar-refractivity contribution in [3.63, 3.8) is 0 Å². The predicted molar refractivity (Wildman–Crippen MR) is 105 cm³/mol. The molecule has 0 amide bonds. The molecule has 1 saturated carbocycles. The molecule has 138 valence electrons. The Morgan fingerprint density at radius 3 is 2.59 bits per heavy atom. The number of fused-ring (bicyclic) bond motifs is 3. The van der Waals surface area contributed by atoms with E-state index in [1.54, 1.807) is 23.0 Å². The van der Waals surface area contributed by atoms with Crippen molar-refractivity contribution in [2.24, 2.45) is 0 Å². The smallest absolute Gasteiger partial charge is 0.185 e. The summed E-state index contributed by atoms with van der Waals surface area (Å²) in [5.41, 5.74) is 4.92. The van der Waals surface area contributed by atoms with Crippen molar-refractivity contribution >= 4 is 16.7 Å². The van der Waals surface area contributed by atoms with Crippen LogP contribution in [-0.2, 0) is 0 Å². The van der Waals surface area contributed by atoms with E-state index in [4.69, 9.17) is 9.97 Å². The summed E-state index contributed by atoms with van der Waals surface area (Å²) in [6, 6.07) is 7.69. The van der Waals surface area contributed by atoms with Crippen molar-refractivity contribution in [2.75, 3.05) is 0 Å². The molecular weight excluding hydrogens is 338 g/mol. The molecule has 0 bridgehead atoms. The Hall–Kier alpha value is -2.89. The molecule has 0 radical (unpaired) electrons. The highest BCUT2D eigenvalue weighted by Gasteiger charge is 2.24. The molecule has 0 aliphatic heterocycles. The lowest BCUT2D eigenvalue weighted by Crippen LogP contribution is -2.14. The monoisotopic (exact) mass is 361 g/mol. The average molecular weight is 361 g/mol. The maximum atomic E-state index is 10.2. The van der Waals surface area contributed by atoms with Gasteiger partial charge < -0.3 is 9.67 Å². The summed E-state index contributed by atoms with van der Waals surface area (Å²) in [6.07, 6.45) is 8.08. The number of hydrogen-bond acceptors (Lipinski definition) is 4. The lowest BCUT2D eigenvalue weighted by molar-refractivity contribution is 0.355. The summed E-state index contributed by atoms with van der Waals surface area (Å²) in [6.45, 7) is 4.33. The Balaban J connectivity index is 1.74. The summed E-state index contributed by atoms with van der Waals surface area (Å²) in [4.78, 5) is 9.53. The lowest BCUT2D eigenvalue weighted by atomic mass is 9.95. The minimum atomic E-state index is 0.185. The van der Waals surface area contributed by atoms with Crippen molar-refractivity contribution < 1.29 is 5.11 Å². The maximum absolute atomic E-state index is 10.2. The molecular formula is C21H23N5O.